The molecule has 38 heavy (non-hydrogen) atoms. The van der Waals surface area contributed by atoms with Gasteiger partial charge in [-0.3, -0.25) is 19.1 Å². The van der Waals surface area contributed by atoms with E-state index in [0.29, 0.717) is 30.8 Å². The Morgan fingerprint density at radius 3 is 2.66 bits per heavy atom. The summed E-state index contributed by atoms with van der Waals surface area (Å²) in [5.41, 5.74) is -0.369. The first-order chi connectivity index (χ1) is 17.8. The summed E-state index contributed by atoms with van der Waals surface area (Å²) in [6.45, 7) is 9.39. The number of sulfonamides is 1. The third-order valence-electron chi connectivity index (χ3n) is 6.05. The number of aromatic nitrogens is 1. The fourth-order valence-corrected chi connectivity index (χ4v) is 5.59. The number of anilines is 1. The molecule has 13 heteroatoms. The van der Waals surface area contributed by atoms with E-state index in [1.54, 1.807) is 44.7 Å². The van der Waals surface area contributed by atoms with Crippen molar-refractivity contribution in [2.24, 2.45) is 4.99 Å². The smallest absolute Gasteiger partial charge is 0.310 e. The highest BCUT2D eigenvalue weighted by Crippen LogP contribution is 2.23. The van der Waals surface area contributed by atoms with E-state index < -0.39 is 39.3 Å². The van der Waals surface area contributed by atoms with Crippen LogP contribution in [0.4, 0.5) is 5.69 Å². The summed E-state index contributed by atoms with van der Waals surface area (Å²) in [6.07, 6.45) is 4.14. The highest BCUT2D eigenvalue weighted by molar-refractivity contribution is 7.92. The van der Waals surface area contributed by atoms with Crippen LogP contribution in [0.25, 0.3) is 0 Å². The number of pyridine rings is 1. The second-order valence-corrected chi connectivity index (χ2v) is 12.1. The molecule has 2 unspecified atom stereocenters. The first-order valence-electron chi connectivity index (χ1n) is 12.6. The molecular weight excluding hydrogens is 514 g/mol. The normalized spacial score (nSPS) is 21.2. The number of rotatable bonds is 9. The van der Waals surface area contributed by atoms with E-state index in [9.17, 15) is 22.8 Å². The van der Waals surface area contributed by atoms with Crippen molar-refractivity contribution in [3.05, 3.63) is 40.0 Å². The van der Waals surface area contributed by atoms with Gasteiger partial charge in [-0.1, -0.05) is 0 Å². The Balaban J connectivity index is 1.93. The highest BCUT2D eigenvalue weighted by Gasteiger charge is 2.32. The molecule has 1 saturated heterocycles. The molecule has 0 aliphatic carbocycles. The van der Waals surface area contributed by atoms with Crippen LogP contribution in [0.1, 0.15) is 59.1 Å². The Kier molecular flexibility index (Phi) is 9.36. The van der Waals surface area contributed by atoms with Crippen LogP contribution < -0.4 is 15.6 Å². The Bertz CT molecular complexity index is 1260. The monoisotopic (exact) mass is 551 g/mol. The molecule has 1 aromatic heterocycles. The second kappa shape index (κ2) is 12.1. The van der Waals surface area contributed by atoms with Crippen LogP contribution in [-0.4, -0.2) is 73.0 Å². The first kappa shape index (κ1) is 29.4. The maximum Gasteiger partial charge on any atom is 0.310 e. The number of hydrogen-bond donors (Lipinski definition) is 2. The largest absolute Gasteiger partial charge is 0.460 e. The maximum atomic E-state index is 13.5. The number of carbonyl (C=O) groups is 2. The van der Waals surface area contributed by atoms with Gasteiger partial charge in [-0.05, 0) is 72.1 Å². The molecule has 0 bridgehead atoms. The maximum absolute atomic E-state index is 13.5. The third-order valence-corrected chi connectivity index (χ3v) is 7.39. The lowest BCUT2D eigenvalue weighted by atomic mass is 10.1. The molecule has 0 spiro atoms. The topological polar surface area (TPSA) is 148 Å². The summed E-state index contributed by atoms with van der Waals surface area (Å²) in [5, 5.41) is 2.58. The summed E-state index contributed by atoms with van der Waals surface area (Å²) in [4.78, 5) is 43.1. The van der Waals surface area contributed by atoms with Gasteiger partial charge in [0.1, 0.15) is 11.3 Å². The van der Waals surface area contributed by atoms with Crippen molar-refractivity contribution in [3.8, 4) is 0 Å². The van der Waals surface area contributed by atoms with Gasteiger partial charge in [0.05, 0.1) is 36.7 Å². The molecule has 0 aromatic carbocycles. The molecular formula is C25H37N5O7S. The highest BCUT2D eigenvalue weighted by atomic mass is 32.2. The number of esters is 1. The van der Waals surface area contributed by atoms with Gasteiger partial charge in [-0.15, -0.1) is 0 Å². The minimum absolute atomic E-state index is 0.0281. The van der Waals surface area contributed by atoms with Crippen LogP contribution in [0.15, 0.2) is 33.7 Å². The van der Waals surface area contributed by atoms with Crippen LogP contribution in [0.3, 0.4) is 0 Å². The van der Waals surface area contributed by atoms with Gasteiger partial charge in [-0.2, -0.15) is 0 Å². The molecule has 0 saturated carbocycles. The molecule has 3 rings (SSSR count). The second-order valence-electron chi connectivity index (χ2n) is 10.4. The fraction of sp³-hybridized carbons (Fsp3) is 0.600. The quantitative estimate of drug-likeness (QED) is 0.348. The van der Waals surface area contributed by atoms with E-state index in [1.807, 2.05) is 6.92 Å². The van der Waals surface area contributed by atoms with Crippen molar-refractivity contribution >= 4 is 34.0 Å². The number of carbonyl (C=O) groups excluding carboxylic acids is 2. The minimum atomic E-state index is -3.86. The van der Waals surface area contributed by atoms with Gasteiger partial charge in [-0.25, -0.2) is 18.0 Å². The summed E-state index contributed by atoms with van der Waals surface area (Å²) in [6, 6.07) is 2.63. The summed E-state index contributed by atoms with van der Waals surface area (Å²) in [7, 11) is -3.86. The minimum Gasteiger partial charge on any atom is -0.460 e. The Hall–Kier alpha value is -3.19. The number of nitrogens with one attached hydrogen (secondary N) is 2. The predicted octanol–water partition coefficient (Wildman–Crippen LogP) is 1.69. The number of aliphatic imine (C=N–C) groups is 1. The zero-order chi connectivity index (χ0) is 28.1. The molecule has 2 aliphatic rings. The van der Waals surface area contributed by atoms with Crippen LogP contribution in [-0.2, 0) is 29.1 Å². The molecule has 12 nitrogen and oxygen atoms in total. The lowest BCUT2D eigenvalue weighted by molar-refractivity contribution is -0.153. The van der Waals surface area contributed by atoms with Gasteiger partial charge < -0.3 is 19.7 Å². The van der Waals surface area contributed by atoms with Crippen molar-refractivity contribution in [1.29, 1.82) is 0 Å². The van der Waals surface area contributed by atoms with Crippen molar-refractivity contribution in [2.75, 3.05) is 23.8 Å². The SMILES string of the molecule is Cc1ccc(NS(=O)(=O)CC2CCCCO2)c(=O)n1C1=NC(=CCC(=O)OC(C)(C)C)C(C)N1CNC=O. The van der Waals surface area contributed by atoms with E-state index >= 15 is 0 Å². The van der Waals surface area contributed by atoms with E-state index in [1.165, 1.54) is 10.6 Å². The van der Waals surface area contributed by atoms with Gasteiger partial charge >= 0.3 is 5.97 Å². The summed E-state index contributed by atoms with van der Waals surface area (Å²) < 4.78 is 40.2. The van der Waals surface area contributed by atoms with E-state index in [2.05, 4.69) is 15.0 Å². The molecule has 1 fully saturated rings. The first-order valence-corrected chi connectivity index (χ1v) is 14.3. The average molecular weight is 552 g/mol. The number of hydrogen-bond acceptors (Lipinski definition) is 9. The molecule has 2 N–H and O–H groups in total. The van der Waals surface area contributed by atoms with E-state index in [4.69, 9.17) is 9.47 Å². The molecule has 1 amide bonds. The van der Waals surface area contributed by atoms with E-state index in [-0.39, 0.29) is 30.5 Å². The van der Waals surface area contributed by atoms with E-state index in [0.717, 1.165) is 12.8 Å². The molecule has 2 aliphatic heterocycles. The van der Waals surface area contributed by atoms with Crippen LogP contribution in [0, 0.1) is 6.92 Å². The van der Waals surface area contributed by atoms with Crippen molar-refractivity contribution in [1.82, 2.24) is 14.8 Å². The Labute approximate surface area is 223 Å². The van der Waals surface area contributed by atoms with Crippen LogP contribution in [0.5, 0.6) is 0 Å². The Morgan fingerprint density at radius 2 is 2.03 bits per heavy atom. The average Bonchev–Trinajstić information content (AvgIpc) is 3.12. The van der Waals surface area contributed by atoms with Gasteiger partial charge in [0, 0.05) is 12.3 Å². The zero-order valence-electron chi connectivity index (χ0n) is 22.5. The molecule has 2 atom stereocenters. The summed E-state index contributed by atoms with van der Waals surface area (Å²) >= 11 is 0. The molecule has 210 valence electrons. The van der Waals surface area contributed by atoms with Crippen molar-refractivity contribution in [2.45, 2.75) is 78.0 Å². The lowest BCUT2D eigenvalue weighted by Crippen LogP contribution is -2.47. The van der Waals surface area contributed by atoms with Crippen LogP contribution >= 0.6 is 0 Å². The number of amides is 1. The summed E-state index contributed by atoms with van der Waals surface area (Å²) in [5.74, 6) is -0.475. The molecule has 0 radical (unpaired) electrons. The lowest BCUT2D eigenvalue weighted by Gasteiger charge is -2.26. The number of aryl methyl sites for hydroxylation is 1. The van der Waals surface area contributed by atoms with Gasteiger partial charge in [0.15, 0.2) is 0 Å². The Morgan fingerprint density at radius 1 is 1.29 bits per heavy atom. The zero-order valence-corrected chi connectivity index (χ0v) is 23.3. The molecule has 3 heterocycles. The third kappa shape index (κ3) is 7.67. The van der Waals surface area contributed by atoms with Gasteiger partial charge in [0.2, 0.25) is 22.4 Å². The van der Waals surface area contributed by atoms with Crippen molar-refractivity contribution in [3.63, 3.8) is 0 Å². The standard InChI is InChI=1S/C25H37N5O7S/c1-17-9-10-21(28-38(34,35)14-19-8-6-7-13-36-19)23(33)30(17)24-27-20(18(2)29(24)15-26-16-31)11-12-22(32)37-25(3,4)5/h9-11,16,18-19,28H,6-8,12-15H2,1-5H3,(H,26,31). The predicted molar refractivity (Wildman–Crippen MR) is 143 cm³/mol. The molecule has 1 aromatic rings. The number of ether oxygens (including phenoxy) is 2. The van der Waals surface area contributed by atoms with Crippen LogP contribution in [0.2, 0.25) is 0 Å². The van der Waals surface area contributed by atoms with Crippen molar-refractivity contribution < 1.29 is 27.5 Å². The van der Waals surface area contributed by atoms with Gasteiger partial charge in [0.25, 0.3) is 5.56 Å². The number of nitrogens with zero attached hydrogens (tertiary/aromatic N) is 3. The fourth-order valence-electron chi connectivity index (χ4n) is 4.26.